The van der Waals surface area contributed by atoms with Crippen molar-refractivity contribution < 1.29 is 9.21 Å². The molecule has 1 fully saturated rings. The van der Waals surface area contributed by atoms with Crippen LogP contribution >= 0.6 is 11.3 Å². The monoisotopic (exact) mass is 319 g/mol. The van der Waals surface area contributed by atoms with Crippen LogP contribution < -0.4 is 5.73 Å². The molecule has 2 aromatic heterocycles. The van der Waals surface area contributed by atoms with Gasteiger partial charge in [-0.05, 0) is 36.8 Å². The average molecular weight is 319 g/mol. The summed E-state index contributed by atoms with van der Waals surface area (Å²) in [5.41, 5.74) is 6.58. The Balaban J connectivity index is 1.70. The SMILES string of the molecule is Cc1oc(-c2cccs2)nc1CC(=O)N1CCC(C)(CN)C1. The maximum absolute atomic E-state index is 12.5. The van der Waals surface area contributed by atoms with Crippen molar-refractivity contribution in [2.75, 3.05) is 19.6 Å². The lowest BCUT2D eigenvalue weighted by atomic mass is 9.90. The zero-order valence-electron chi connectivity index (χ0n) is 13.0. The van der Waals surface area contributed by atoms with Gasteiger partial charge in [0.25, 0.3) is 0 Å². The molecule has 1 aliphatic heterocycles. The number of carbonyl (C=O) groups excluding carboxylic acids is 1. The van der Waals surface area contributed by atoms with Crippen molar-refractivity contribution in [3.8, 4) is 10.8 Å². The van der Waals surface area contributed by atoms with E-state index >= 15 is 0 Å². The summed E-state index contributed by atoms with van der Waals surface area (Å²) in [5.74, 6) is 1.42. The molecule has 1 unspecified atom stereocenters. The maximum Gasteiger partial charge on any atom is 0.236 e. The number of hydrogen-bond donors (Lipinski definition) is 1. The molecule has 3 heterocycles. The van der Waals surface area contributed by atoms with Crippen molar-refractivity contribution in [1.82, 2.24) is 9.88 Å². The third-order valence-corrected chi connectivity index (χ3v) is 5.20. The summed E-state index contributed by atoms with van der Waals surface area (Å²) in [7, 11) is 0. The highest BCUT2D eigenvalue weighted by Gasteiger charge is 2.35. The van der Waals surface area contributed by atoms with Gasteiger partial charge < -0.3 is 15.1 Å². The summed E-state index contributed by atoms with van der Waals surface area (Å²) >= 11 is 1.58. The molecule has 0 radical (unpaired) electrons. The maximum atomic E-state index is 12.5. The number of likely N-dealkylation sites (tertiary alicyclic amines) is 1. The van der Waals surface area contributed by atoms with E-state index in [1.807, 2.05) is 29.3 Å². The van der Waals surface area contributed by atoms with Crippen molar-refractivity contribution in [3.63, 3.8) is 0 Å². The first-order chi connectivity index (χ1) is 10.5. The first kappa shape index (κ1) is 15.2. The minimum Gasteiger partial charge on any atom is -0.440 e. The third-order valence-electron chi connectivity index (χ3n) is 4.35. The van der Waals surface area contributed by atoms with Crippen LogP contribution in [-0.4, -0.2) is 35.4 Å². The minimum absolute atomic E-state index is 0.0522. The topological polar surface area (TPSA) is 72.4 Å². The summed E-state index contributed by atoms with van der Waals surface area (Å²) in [4.78, 5) is 19.8. The second-order valence-corrected chi connectivity index (χ2v) is 7.20. The van der Waals surface area contributed by atoms with Gasteiger partial charge in [-0.2, -0.15) is 0 Å². The predicted octanol–water partition coefficient (Wildman–Crippen LogP) is 2.45. The van der Waals surface area contributed by atoms with Crippen LogP contribution in [0, 0.1) is 12.3 Å². The van der Waals surface area contributed by atoms with E-state index in [1.165, 1.54) is 0 Å². The fourth-order valence-electron chi connectivity index (χ4n) is 2.76. The van der Waals surface area contributed by atoms with Crippen LogP contribution in [0.3, 0.4) is 0 Å². The van der Waals surface area contributed by atoms with Crippen LogP contribution in [0.2, 0.25) is 0 Å². The lowest BCUT2D eigenvalue weighted by molar-refractivity contribution is -0.129. The number of aryl methyl sites for hydroxylation is 1. The van der Waals surface area contributed by atoms with Gasteiger partial charge in [0.05, 0.1) is 17.0 Å². The van der Waals surface area contributed by atoms with Crippen LogP contribution in [-0.2, 0) is 11.2 Å². The number of thiophene rings is 1. The quantitative estimate of drug-likeness (QED) is 0.939. The Morgan fingerprint density at radius 1 is 1.59 bits per heavy atom. The number of hydrogen-bond acceptors (Lipinski definition) is 5. The summed E-state index contributed by atoms with van der Waals surface area (Å²) in [6, 6.07) is 3.93. The number of rotatable bonds is 4. The standard InChI is InChI=1S/C16H21N3O2S/c1-11-12(18-15(21-11)13-4-3-7-22-13)8-14(20)19-6-5-16(2,9-17)10-19/h3-4,7H,5-6,8-10,17H2,1-2H3. The van der Waals surface area contributed by atoms with Gasteiger partial charge in [0.15, 0.2) is 0 Å². The molecule has 3 rings (SSSR count). The predicted molar refractivity (Wildman–Crippen MR) is 86.6 cm³/mol. The smallest absolute Gasteiger partial charge is 0.236 e. The molecule has 6 heteroatoms. The summed E-state index contributed by atoms with van der Waals surface area (Å²) in [6.45, 7) is 6.12. The van der Waals surface area contributed by atoms with Crippen molar-refractivity contribution in [3.05, 3.63) is 29.0 Å². The average Bonchev–Trinajstić information content (AvgIpc) is 3.20. The van der Waals surface area contributed by atoms with Crippen molar-refractivity contribution in [1.29, 1.82) is 0 Å². The van der Waals surface area contributed by atoms with Crippen LogP contribution in [0.15, 0.2) is 21.9 Å². The molecule has 5 nitrogen and oxygen atoms in total. The lowest BCUT2D eigenvalue weighted by Gasteiger charge is -2.22. The zero-order valence-corrected chi connectivity index (χ0v) is 13.8. The highest BCUT2D eigenvalue weighted by molar-refractivity contribution is 7.13. The van der Waals surface area contributed by atoms with E-state index in [1.54, 1.807) is 11.3 Å². The van der Waals surface area contributed by atoms with E-state index in [0.29, 0.717) is 18.9 Å². The van der Waals surface area contributed by atoms with Gasteiger partial charge in [-0.15, -0.1) is 11.3 Å². The van der Waals surface area contributed by atoms with Gasteiger partial charge in [-0.25, -0.2) is 4.98 Å². The number of aromatic nitrogens is 1. The van der Waals surface area contributed by atoms with Gasteiger partial charge in [0.1, 0.15) is 5.76 Å². The minimum atomic E-state index is 0.0522. The fraction of sp³-hybridized carbons (Fsp3) is 0.500. The molecule has 0 aliphatic carbocycles. The first-order valence-electron chi connectivity index (χ1n) is 7.49. The number of amides is 1. The Morgan fingerprint density at radius 2 is 2.41 bits per heavy atom. The fourth-order valence-corrected chi connectivity index (χ4v) is 3.40. The Kier molecular flexibility index (Phi) is 4.06. The Labute approximate surface area is 134 Å². The van der Waals surface area contributed by atoms with Gasteiger partial charge in [-0.1, -0.05) is 13.0 Å². The summed E-state index contributed by atoms with van der Waals surface area (Å²) in [5, 5.41) is 1.98. The number of nitrogens with zero attached hydrogens (tertiary/aromatic N) is 2. The molecular weight excluding hydrogens is 298 g/mol. The molecule has 0 aromatic carbocycles. The van der Waals surface area contributed by atoms with Crippen LogP contribution in [0.1, 0.15) is 24.8 Å². The number of oxazole rings is 1. The van der Waals surface area contributed by atoms with Crippen LogP contribution in [0.25, 0.3) is 10.8 Å². The molecule has 0 saturated carbocycles. The van der Waals surface area contributed by atoms with E-state index < -0.39 is 0 Å². The van der Waals surface area contributed by atoms with E-state index in [-0.39, 0.29) is 11.3 Å². The summed E-state index contributed by atoms with van der Waals surface area (Å²) < 4.78 is 5.69. The Morgan fingerprint density at radius 3 is 3.05 bits per heavy atom. The summed E-state index contributed by atoms with van der Waals surface area (Å²) in [6.07, 6.45) is 1.26. The molecule has 22 heavy (non-hydrogen) atoms. The van der Waals surface area contributed by atoms with E-state index in [4.69, 9.17) is 10.2 Å². The number of nitrogens with two attached hydrogens (primary N) is 1. The lowest BCUT2D eigenvalue weighted by Crippen LogP contribution is -2.35. The third kappa shape index (κ3) is 2.94. The largest absolute Gasteiger partial charge is 0.440 e. The highest BCUT2D eigenvalue weighted by atomic mass is 32.1. The molecule has 2 N–H and O–H groups in total. The van der Waals surface area contributed by atoms with E-state index in [0.717, 1.165) is 35.8 Å². The Hall–Kier alpha value is -1.66. The molecule has 1 atom stereocenters. The first-order valence-corrected chi connectivity index (χ1v) is 8.37. The van der Waals surface area contributed by atoms with Gasteiger partial charge in [-0.3, -0.25) is 4.79 Å². The molecule has 1 saturated heterocycles. The molecule has 1 aliphatic rings. The number of carbonyl (C=O) groups is 1. The van der Waals surface area contributed by atoms with Gasteiger partial charge >= 0.3 is 0 Å². The molecule has 0 spiro atoms. The molecule has 118 valence electrons. The van der Waals surface area contributed by atoms with Crippen molar-refractivity contribution in [2.24, 2.45) is 11.1 Å². The van der Waals surface area contributed by atoms with Crippen molar-refractivity contribution >= 4 is 17.2 Å². The molecular formula is C16H21N3O2S. The van der Waals surface area contributed by atoms with E-state index in [9.17, 15) is 4.79 Å². The molecule has 1 amide bonds. The van der Waals surface area contributed by atoms with Crippen LogP contribution in [0.4, 0.5) is 0 Å². The molecule has 0 bridgehead atoms. The van der Waals surface area contributed by atoms with Gasteiger partial charge in [0.2, 0.25) is 11.8 Å². The van der Waals surface area contributed by atoms with Gasteiger partial charge in [0, 0.05) is 13.1 Å². The second-order valence-electron chi connectivity index (χ2n) is 6.26. The molecule has 2 aromatic rings. The highest BCUT2D eigenvalue weighted by Crippen LogP contribution is 2.30. The normalized spacial score (nSPS) is 21.5. The Bertz CT molecular complexity index is 665. The van der Waals surface area contributed by atoms with Crippen molar-refractivity contribution in [2.45, 2.75) is 26.7 Å². The second kappa shape index (κ2) is 5.85. The zero-order chi connectivity index (χ0) is 15.7. The van der Waals surface area contributed by atoms with E-state index in [2.05, 4.69) is 11.9 Å². The van der Waals surface area contributed by atoms with Crippen LogP contribution in [0.5, 0.6) is 0 Å².